The summed E-state index contributed by atoms with van der Waals surface area (Å²) in [5, 5.41) is 9.70. The number of aromatic nitrogens is 2. The molecule has 0 saturated carbocycles. The van der Waals surface area contributed by atoms with Crippen molar-refractivity contribution in [3.63, 3.8) is 0 Å². The van der Waals surface area contributed by atoms with E-state index in [0.29, 0.717) is 23.8 Å². The Morgan fingerprint density at radius 3 is 2.64 bits per heavy atom. The number of nitriles is 1. The molecule has 1 N–H and O–H groups in total. The van der Waals surface area contributed by atoms with E-state index in [2.05, 4.69) is 32.0 Å². The number of rotatable bonds is 5. The van der Waals surface area contributed by atoms with Crippen LogP contribution >= 0.6 is 15.9 Å². The molecule has 4 rings (SSSR count). The molecule has 0 bridgehead atoms. The van der Waals surface area contributed by atoms with Gasteiger partial charge < -0.3 is 9.72 Å². The number of nitrogens with one attached hydrogen (secondary N) is 1. The van der Waals surface area contributed by atoms with Crippen LogP contribution in [0.25, 0.3) is 22.7 Å². The molecule has 3 aromatic carbocycles. The number of hydrogen-bond donors (Lipinski definition) is 1. The summed E-state index contributed by atoms with van der Waals surface area (Å²) in [5.74, 6) is 1.24. The first-order chi connectivity index (χ1) is 13.7. The number of para-hydroxylation sites is 2. The highest BCUT2D eigenvalue weighted by molar-refractivity contribution is 9.10. The van der Waals surface area contributed by atoms with E-state index < -0.39 is 0 Å². The largest absolute Gasteiger partial charge is 0.488 e. The number of fused-ring (bicyclic) bond motifs is 1. The molecule has 1 heterocycles. The number of H-pyrrole nitrogens is 1. The van der Waals surface area contributed by atoms with Gasteiger partial charge in [0.25, 0.3) is 0 Å². The maximum atomic E-state index is 9.70. The molecule has 0 amide bonds. The zero-order chi connectivity index (χ0) is 19.3. The van der Waals surface area contributed by atoms with Gasteiger partial charge in [0.2, 0.25) is 0 Å². The van der Waals surface area contributed by atoms with Crippen LogP contribution in [0.2, 0.25) is 0 Å². The van der Waals surface area contributed by atoms with Gasteiger partial charge in [-0.3, -0.25) is 0 Å². The highest BCUT2D eigenvalue weighted by Gasteiger charge is 2.10. The highest BCUT2D eigenvalue weighted by Crippen LogP contribution is 2.28. The van der Waals surface area contributed by atoms with E-state index in [1.165, 1.54) is 0 Å². The number of ether oxygens (including phenoxy) is 1. The second-order valence-corrected chi connectivity index (χ2v) is 7.14. The van der Waals surface area contributed by atoms with Gasteiger partial charge in [0.15, 0.2) is 0 Å². The molecular weight excluding hydrogens is 414 g/mol. The third-order valence-corrected chi connectivity index (χ3v) is 4.77. The zero-order valence-corrected chi connectivity index (χ0v) is 16.5. The van der Waals surface area contributed by atoms with Gasteiger partial charge in [-0.2, -0.15) is 5.26 Å². The van der Waals surface area contributed by atoms with Crippen molar-refractivity contribution < 1.29 is 4.74 Å². The SMILES string of the molecule is N#CC(=Cc1cc(Br)ccc1OCc1ccccc1)c1nc2ccccc2[nH]1. The van der Waals surface area contributed by atoms with E-state index in [4.69, 9.17) is 4.74 Å². The van der Waals surface area contributed by atoms with Crippen LogP contribution in [-0.2, 0) is 6.61 Å². The lowest BCUT2D eigenvalue weighted by atomic mass is 10.1. The van der Waals surface area contributed by atoms with Gasteiger partial charge in [0, 0.05) is 10.0 Å². The first kappa shape index (κ1) is 18.0. The molecule has 1 aromatic heterocycles. The second kappa shape index (κ2) is 8.12. The molecular formula is C23H16BrN3O. The van der Waals surface area contributed by atoms with Gasteiger partial charge in [-0.15, -0.1) is 0 Å². The Bertz CT molecular complexity index is 1160. The molecule has 0 aliphatic heterocycles. The Morgan fingerprint density at radius 1 is 1.07 bits per heavy atom. The third-order valence-electron chi connectivity index (χ3n) is 4.27. The highest BCUT2D eigenvalue weighted by atomic mass is 79.9. The molecule has 0 radical (unpaired) electrons. The summed E-state index contributed by atoms with van der Waals surface area (Å²) in [6.45, 7) is 0.454. The summed E-state index contributed by atoms with van der Waals surface area (Å²) in [4.78, 5) is 7.73. The molecule has 0 atom stereocenters. The number of imidazole rings is 1. The van der Waals surface area contributed by atoms with Crippen LogP contribution in [0.4, 0.5) is 0 Å². The Hall–Kier alpha value is -3.36. The van der Waals surface area contributed by atoms with Crippen LogP contribution in [0, 0.1) is 11.3 Å². The molecule has 0 saturated heterocycles. The van der Waals surface area contributed by atoms with E-state index in [1.807, 2.05) is 72.8 Å². The zero-order valence-electron chi connectivity index (χ0n) is 14.9. The van der Waals surface area contributed by atoms with Crippen LogP contribution in [0.1, 0.15) is 17.0 Å². The fourth-order valence-electron chi connectivity index (χ4n) is 2.89. The Labute approximate surface area is 171 Å². The van der Waals surface area contributed by atoms with Crippen LogP contribution in [0.5, 0.6) is 5.75 Å². The lowest BCUT2D eigenvalue weighted by Gasteiger charge is -2.10. The number of allylic oxidation sites excluding steroid dienone is 1. The van der Waals surface area contributed by atoms with Crippen molar-refractivity contribution in [1.29, 1.82) is 5.26 Å². The second-order valence-electron chi connectivity index (χ2n) is 6.23. The van der Waals surface area contributed by atoms with Crippen LogP contribution in [0.3, 0.4) is 0 Å². The Kier molecular flexibility index (Phi) is 5.22. The molecule has 28 heavy (non-hydrogen) atoms. The van der Waals surface area contributed by atoms with Crippen molar-refractivity contribution in [3.8, 4) is 11.8 Å². The first-order valence-electron chi connectivity index (χ1n) is 8.76. The molecule has 4 aromatic rings. The minimum Gasteiger partial charge on any atom is -0.488 e. The normalized spacial score (nSPS) is 11.4. The summed E-state index contributed by atoms with van der Waals surface area (Å²) in [6.07, 6.45) is 1.79. The lowest BCUT2D eigenvalue weighted by Crippen LogP contribution is -1.97. The van der Waals surface area contributed by atoms with E-state index in [0.717, 1.165) is 26.6 Å². The van der Waals surface area contributed by atoms with Crippen molar-refractivity contribution in [1.82, 2.24) is 9.97 Å². The van der Waals surface area contributed by atoms with E-state index in [1.54, 1.807) is 6.08 Å². The smallest absolute Gasteiger partial charge is 0.149 e. The maximum absolute atomic E-state index is 9.70. The number of nitrogens with zero attached hydrogens (tertiary/aromatic N) is 2. The third kappa shape index (κ3) is 3.98. The Morgan fingerprint density at radius 2 is 1.86 bits per heavy atom. The van der Waals surface area contributed by atoms with Crippen LogP contribution in [-0.4, -0.2) is 9.97 Å². The molecule has 0 fully saturated rings. The molecule has 136 valence electrons. The summed E-state index contributed by atoms with van der Waals surface area (Å²) in [6, 6.07) is 25.7. The number of benzene rings is 3. The monoisotopic (exact) mass is 429 g/mol. The van der Waals surface area contributed by atoms with Crippen molar-refractivity contribution >= 4 is 38.6 Å². The van der Waals surface area contributed by atoms with Gasteiger partial charge in [-0.1, -0.05) is 58.4 Å². The maximum Gasteiger partial charge on any atom is 0.149 e. The molecule has 0 unspecified atom stereocenters. The van der Waals surface area contributed by atoms with Crippen molar-refractivity contribution in [2.75, 3.05) is 0 Å². The number of halogens is 1. The van der Waals surface area contributed by atoms with E-state index >= 15 is 0 Å². The van der Waals surface area contributed by atoms with Gasteiger partial charge in [-0.25, -0.2) is 4.98 Å². The van der Waals surface area contributed by atoms with Crippen molar-refractivity contribution in [3.05, 3.63) is 94.2 Å². The Balaban J connectivity index is 1.68. The quantitative estimate of drug-likeness (QED) is 0.397. The van der Waals surface area contributed by atoms with Crippen molar-refractivity contribution in [2.24, 2.45) is 0 Å². The molecule has 4 nitrogen and oxygen atoms in total. The molecule has 0 aliphatic rings. The molecule has 0 aliphatic carbocycles. The van der Waals surface area contributed by atoms with Crippen molar-refractivity contribution in [2.45, 2.75) is 6.61 Å². The topological polar surface area (TPSA) is 61.7 Å². The molecule has 5 heteroatoms. The summed E-state index contributed by atoms with van der Waals surface area (Å²) < 4.78 is 6.92. The van der Waals surface area contributed by atoms with Gasteiger partial charge in [-0.05, 0) is 42.0 Å². The van der Waals surface area contributed by atoms with Crippen LogP contribution < -0.4 is 4.74 Å². The summed E-state index contributed by atoms with van der Waals surface area (Å²) in [5.41, 5.74) is 4.06. The summed E-state index contributed by atoms with van der Waals surface area (Å²) in [7, 11) is 0. The predicted octanol–water partition coefficient (Wildman–Crippen LogP) is 5.97. The minimum absolute atomic E-state index is 0.443. The van der Waals surface area contributed by atoms with Crippen LogP contribution in [0.15, 0.2) is 77.3 Å². The summed E-state index contributed by atoms with van der Waals surface area (Å²) >= 11 is 3.50. The van der Waals surface area contributed by atoms with Gasteiger partial charge in [0.1, 0.15) is 24.3 Å². The standard InChI is InChI=1S/C23H16BrN3O/c24-19-10-11-22(28-15-16-6-2-1-3-7-16)17(13-19)12-18(14-25)23-26-20-8-4-5-9-21(20)27-23/h1-13H,15H2,(H,26,27). The van der Waals surface area contributed by atoms with E-state index in [-0.39, 0.29) is 0 Å². The fourth-order valence-corrected chi connectivity index (χ4v) is 3.27. The van der Waals surface area contributed by atoms with E-state index in [9.17, 15) is 5.26 Å². The number of aromatic amines is 1. The predicted molar refractivity (Wildman–Crippen MR) is 114 cm³/mol. The first-order valence-corrected chi connectivity index (χ1v) is 9.55. The van der Waals surface area contributed by atoms with Gasteiger partial charge in [0.05, 0.1) is 16.6 Å². The lowest BCUT2D eigenvalue weighted by molar-refractivity contribution is 0.305. The number of hydrogen-bond acceptors (Lipinski definition) is 3. The minimum atomic E-state index is 0.443. The molecule has 0 spiro atoms. The average Bonchev–Trinajstić information content (AvgIpc) is 3.16. The fraction of sp³-hybridized carbons (Fsp3) is 0.0435. The average molecular weight is 430 g/mol. The van der Waals surface area contributed by atoms with Gasteiger partial charge >= 0.3 is 0 Å².